The number of nitrogens with one attached hydrogen (secondary N) is 1. The molecule has 21 heavy (non-hydrogen) atoms. The molecule has 0 aliphatic rings. The van der Waals surface area contributed by atoms with Crippen molar-refractivity contribution in [2.75, 3.05) is 7.11 Å². The molecule has 2 aromatic rings. The van der Waals surface area contributed by atoms with E-state index in [-0.39, 0.29) is 5.69 Å². The molecule has 0 heterocycles. The largest absolute Gasteiger partial charge is 0.495 e. The van der Waals surface area contributed by atoms with Crippen LogP contribution in [0.25, 0.3) is 0 Å². The quantitative estimate of drug-likeness (QED) is 0.655. The van der Waals surface area contributed by atoms with Crippen molar-refractivity contribution in [1.29, 1.82) is 0 Å². The van der Waals surface area contributed by atoms with E-state index in [9.17, 15) is 10.1 Å². The van der Waals surface area contributed by atoms with Gasteiger partial charge in [0.15, 0.2) is 0 Å². The first kappa shape index (κ1) is 15.3. The number of nitro benzene ring substituents is 1. The van der Waals surface area contributed by atoms with Crippen LogP contribution < -0.4 is 10.1 Å². The van der Waals surface area contributed by atoms with Gasteiger partial charge < -0.3 is 10.1 Å². The van der Waals surface area contributed by atoms with Gasteiger partial charge in [0.05, 0.1) is 17.1 Å². The molecule has 0 aromatic heterocycles. The third-order valence-corrected chi connectivity index (χ3v) is 3.29. The first-order chi connectivity index (χ1) is 10.1. The van der Waals surface area contributed by atoms with Crippen molar-refractivity contribution in [1.82, 2.24) is 5.32 Å². The molecule has 0 radical (unpaired) electrons. The lowest BCUT2D eigenvalue weighted by Crippen LogP contribution is -2.12. The number of halogens is 1. The van der Waals surface area contributed by atoms with Crippen molar-refractivity contribution in [3.05, 3.63) is 68.7 Å². The minimum atomic E-state index is -0.396. The Bertz CT molecular complexity index is 647. The number of ether oxygens (including phenoxy) is 1. The first-order valence-corrected chi connectivity index (χ1v) is 6.74. The normalized spacial score (nSPS) is 10.4. The van der Waals surface area contributed by atoms with E-state index in [1.54, 1.807) is 19.2 Å². The van der Waals surface area contributed by atoms with Gasteiger partial charge in [0.2, 0.25) is 0 Å². The fraction of sp³-hybridized carbons (Fsp3) is 0.200. The Labute approximate surface area is 127 Å². The molecule has 0 saturated heterocycles. The molecule has 0 spiro atoms. The summed E-state index contributed by atoms with van der Waals surface area (Å²) in [6, 6.07) is 12.1. The molecule has 1 N–H and O–H groups in total. The van der Waals surface area contributed by atoms with Crippen molar-refractivity contribution in [2.24, 2.45) is 0 Å². The Morgan fingerprint density at radius 1 is 1.19 bits per heavy atom. The van der Waals surface area contributed by atoms with Crippen LogP contribution in [-0.4, -0.2) is 12.0 Å². The maximum Gasteiger partial charge on any atom is 0.269 e. The molecule has 5 nitrogen and oxygen atoms in total. The van der Waals surface area contributed by atoms with Crippen LogP contribution in [-0.2, 0) is 13.1 Å². The lowest BCUT2D eigenvalue weighted by Gasteiger charge is -2.08. The highest BCUT2D eigenvalue weighted by atomic mass is 35.5. The van der Waals surface area contributed by atoms with Crippen LogP contribution in [0.4, 0.5) is 5.69 Å². The van der Waals surface area contributed by atoms with Crippen molar-refractivity contribution < 1.29 is 9.66 Å². The summed E-state index contributed by atoms with van der Waals surface area (Å²) in [5.74, 6) is 0.638. The van der Waals surface area contributed by atoms with Gasteiger partial charge in [-0.1, -0.05) is 29.8 Å². The van der Waals surface area contributed by atoms with Crippen LogP contribution >= 0.6 is 11.6 Å². The van der Waals surface area contributed by atoms with E-state index >= 15 is 0 Å². The minimum absolute atomic E-state index is 0.0989. The topological polar surface area (TPSA) is 64.4 Å². The smallest absolute Gasteiger partial charge is 0.269 e. The predicted molar refractivity (Wildman–Crippen MR) is 81.6 cm³/mol. The molecule has 0 fully saturated rings. The van der Waals surface area contributed by atoms with Crippen LogP contribution in [0.15, 0.2) is 42.5 Å². The van der Waals surface area contributed by atoms with Crippen molar-refractivity contribution >= 4 is 17.3 Å². The highest BCUT2D eigenvalue weighted by Gasteiger charge is 2.05. The third-order valence-electron chi connectivity index (χ3n) is 3.00. The summed E-state index contributed by atoms with van der Waals surface area (Å²) in [4.78, 5) is 10.3. The predicted octanol–water partition coefficient (Wildman–Crippen LogP) is 3.55. The van der Waals surface area contributed by atoms with Gasteiger partial charge in [-0.15, -0.1) is 0 Å². The van der Waals surface area contributed by atoms with E-state index in [4.69, 9.17) is 16.3 Å². The molecule has 0 atom stereocenters. The van der Waals surface area contributed by atoms with Crippen LogP contribution in [0.5, 0.6) is 5.75 Å². The average molecular weight is 307 g/mol. The fourth-order valence-corrected chi connectivity index (χ4v) is 2.23. The van der Waals surface area contributed by atoms with Gasteiger partial charge in [0.1, 0.15) is 5.75 Å². The van der Waals surface area contributed by atoms with Gasteiger partial charge in [-0.25, -0.2) is 0 Å². The van der Waals surface area contributed by atoms with E-state index in [1.807, 2.05) is 24.3 Å². The second kappa shape index (κ2) is 7.06. The lowest BCUT2D eigenvalue weighted by atomic mass is 10.2. The number of rotatable bonds is 6. The van der Waals surface area contributed by atoms with Crippen LogP contribution in [0.2, 0.25) is 5.02 Å². The number of non-ortho nitro benzene ring substituents is 1. The Kier molecular flexibility index (Phi) is 5.14. The number of methoxy groups -OCH3 is 1. The lowest BCUT2D eigenvalue weighted by molar-refractivity contribution is -0.384. The van der Waals surface area contributed by atoms with Gasteiger partial charge >= 0.3 is 0 Å². The molecule has 2 rings (SSSR count). The Morgan fingerprint density at radius 2 is 1.90 bits per heavy atom. The minimum Gasteiger partial charge on any atom is -0.495 e. The average Bonchev–Trinajstić information content (AvgIpc) is 2.48. The van der Waals surface area contributed by atoms with E-state index < -0.39 is 4.92 Å². The van der Waals surface area contributed by atoms with Crippen molar-refractivity contribution in [3.8, 4) is 5.75 Å². The third kappa shape index (κ3) is 4.18. The van der Waals surface area contributed by atoms with Gasteiger partial charge in [0.25, 0.3) is 5.69 Å². The summed E-state index contributed by atoms with van der Waals surface area (Å²) in [6.07, 6.45) is 0. The van der Waals surface area contributed by atoms with E-state index in [2.05, 4.69) is 5.32 Å². The second-order valence-electron chi connectivity index (χ2n) is 4.50. The Balaban J connectivity index is 1.93. The molecular formula is C15H15ClN2O3. The highest BCUT2D eigenvalue weighted by molar-refractivity contribution is 6.32. The summed E-state index contributed by atoms with van der Waals surface area (Å²) < 4.78 is 5.09. The molecule has 110 valence electrons. The van der Waals surface area contributed by atoms with E-state index in [0.717, 1.165) is 11.1 Å². The molecule has 0 aliphatic carbocycles. The molecule has 0 unspecified atom stereocenters. The first-order valence-electron chi connectivity index (χ1n) is 6.36. The molecular weight excluding hydrogens is 292 g/mol. The zero-order valence-corrected chi connectivity index (χ0v) is 12.3. The zero-order chi connectivity index (χ0) is 15.2. The second-order valence-corrected chi connectivity index (χ2v) is 4.91. The monoisotopic (exact) mass is 306 g/mol. The van der Waals surface area contributed by atoms with Gasteiger partial charge in [-0.05, 0) is 23.3 Å². The summed E-state index contributed by atoms with van der Waals surface area (Å²) in [7, 11) is 1.57. The van der Waals surface area contributed by atoms with E-state index in [1.165, 1.54) is 6.07 Å². The molecule has 6 heteroatoms. The summed E-state index contributed by atoms with van der Waals surface area (Å²) in [5, 5.41) is 14.5. The van der Waals surface area contributed by atoms with Gasteiger partial charge in [-0.3, -0.25) is 10.1 Å². The van der Waals surface area contributed by atoms with Crippen molar-refractivity contribution in [2.45, 2.75) is 13.1 Å². The molecule has 0 amide bonds. The number of nitrogens with zero attached hydrogens (tertiary/aromatic N) is 1. The Hall–Kier alpha value is -2.11. The summed E-state index contributed by atoms with van der Waals surface area (Å²) >= 11 is 6.05. The zero-order valence-electron chi connectivity index (χ0n) is 11.5. The summed E-state index contributed by atoms with van der Waals surface area (Å²) in [6.45, 7) is 1.16. The number of nitro groups is 1. The number of benzene rings is 2. The maximum absolute atomic E-state index is 10.7. The standard InChI is InChI=1S/C15H15ClN2O3/c1-21-15-6-5-12(8-14(15)16)10-17-9-11-3-2-4-13(7-11)18(19)20/h2-8,17H,9-10H2,1H3. The van der Waals surface area contributed by atoms with Crippen LogP contribution in [0, 0.1) is 10.1 Å². The fourth-order valence-electron chi connectivity index (χ4n) is 1.95. The summed E-state index contributed by atoms with van der Waals surface area (Å²) in [5.41, 5.74) is 1.98. The maximum atomic E-state index is 10.7. The van der Waals surface area contributed by atoms with Gasteiger partial charge in [0, 0.05) is 25.2 Å². The molecule has 2 aromatic carbocycles. The number of hydrogen-bond acceptors (Lipinski definition) is 4. The SMILES string of the molecule is COc1ccc(CNCc2cccc([N+](=O)[O-])c2)cc1Cl. The Morgan fingerprint density at radius 3 is 2.52 bits per heavy atom. The van der Waals surface area contributed by atoms with Crippen LogP contribution in [0.1, 0.15) is 11.1 Å². The highest BCUT2D eigenvalue weighted by Crippen LogP contribution is 2.24. The van der Waals surface area contributed by atoms with Crippen molar-refractivity contribution in [3.63, 3.8) is 0 Å². The van der Waals surface area contributed by atoms with E-state index in [0.29, 0.717) is 23.9 Å². The van der Waals surface area contributed by atoms with Gasteiger partial charge in [-0.2, -0.15) is 0 Å². The van der Waals surface area contributed by atoms with Crippen LogP contribution in [0.3, 0.4) is 0 Å². The molecule has 0 bridgehead atoms. The number of hydrogen-bond donors (Lipinski definition) is 1. The molecule has 0 aliphatic heterocycles. The molecule has 0 saturated carbocycles.